The number of nitrogens with zero attached hydrogens (tertiary/aromatic N) is 3. The maximum Gasteiger partial charge on any atom is 0.294 e. The van der Waals surface area contributed by atoms with Crippen LogP contribution in [0, 0.1) is 0 Å². The third-order valence-electron chi connectivity index (χ3n) is 3.44. The summed E-state index contributed by atoms with van der Waals surface area (Å²) in [5.41, 5.74) is 0.802. The molecule has 0 aliphatic heterocycles. The fourth-order valence-electron chi connectivity index (χ4n) is 2.15. The van der Waals surface area contributed by atoms with Crippen molar-refractivity contribution in [1.82, 2.24) is 14.9 Å². The van der Waals surface area contributed by atoms with Gasteiger partial charge in [0.2, 0.25) is 5.76 Å². The molecule has 3 rings (SSSR count). The summed E-state index contributed by atoms with van der Waals surface area (Å²) in [6.07, 6.45) is 3.30. The first-order valence-corrected chi connectivity index (χ1v) is 7.49. The molecule has 1 amide bonds. The van der Waals surface area contributed by atoms with Crippen LogP contribution in [0.2, 0.25) is 0 Å². The van der Waals surface area contributed by atoms with Gasteiger partial charge in [-0.2, -0.15) is 5.10 Å². The SMILES string of the molecule is CC(C)(O)c1cc(C(=O)Nc2cnn(Cc3ccccc3)c2)on1. The molecular formula is C17H18N4O3. The molecule has 0 aliphatic rings. The van der Waals surface area contributed by atoms with E-state index in [1.165, 1.54) is 6.07 Å². The predicted octanol–water partition coefficient (Wildman–Crippen LogP) is 2.40. The lowest BCUT2D eigenvalue weighted by molar-refractivity contribution is 0.0698. The minimum atomic E-state index is -1.16. The molecule has 0 unspecified atom stereocenters. The molecule has 7 heteroatoms. The Labute approximate surface area is 138 Å². The van der Waals surface area contributed by atoms with Crippen molar-refractivity contribution in [2.75, 3.05) is 5.32 Å². The van der Waals surface area contributed by atoms with Gasteiger partial charge in [0.05, 0.1) is 18.4 Å². The van der Waals surface area contributed by atoms with E-state index in [9.17, 15) is 9.90 Å². The molecule has 0 fully saturated rings. The summed E-state index contributed by atoms with van der Waals surface area (Å²) < 4.78 is 6.71. The molecule has 0 spiro atoms. The average molecular weight is 326 g/mol. The van der Waals surface area contributed by atoms with Crippen LogP contribution in [0.5, 0.6) is 0 Å². The smallest absolute Gasteiger partial charge is 0.294 e. The Hall–Kier alpha value is -2.93. The van der Waals surface area contributed by atoms with E-state index in [2.05, 4.69) is 15.6 Å². The van der Waals surface area contributed by atoms with Gasteiger partial charge in [-0.3, -0.25) is 9.48 Å². The molecule has 2 aromatic heterocycles. The second-order valence-corrected chi connectivity index (χ2v) is 6.00. The van der Waals surface area contributed by atoms with Crippen LogP contribution in [0.4, 0.5) is 5.69 Å². The highest BCUT2D eigenvalue weighted by Gasteiger charge is 2.23. The van der Waals surface area contributed by atoms with Crippen molar-refractivity contribution in [2.45, 2.75) is 26.0 Å². The number of hydrogen-bond acceptors (Lipinski definition) is 5. The normalized spacial score (nSPS) is 11.5. The Balaban J connectivity index is 1.66. The Kier molecular flexibility index (Phi) is 4.18. The largest absolute Gasteiger partial charge is 0.384 e. The van der Waals surface area contributed by atoms with Crippen LogP contribution in [-0.2, 0) is 12.1 Å². The van der Waals surface area contributed by atoms with Crippen molar-refractivity contribution in [2.24, 2.45) is 0 Å². The lowest BCUT2D eigenvalue weighted by atomic mass is 10.1. The number of hydrogen-bond donors (Lipinski definition) is 2. The van der Waals surface area contributed by atoms with Crippen LogP contribution in [0.3, 0.4) is 0 Å². The van der Waals surface area contributed by atoms with E-state index in [0.717, 1.165) is 5.56 Å². The predicted molar refractivity (Wildman–Crippen MR) is 87.5 cm³/mol. The van der Waals surface area contributed by atoms with Crippen LogP contribution in [0.25, 0.3) is 0 Å². The van der Waals surface area contributed by atoms with Gasteiger partial charge in [-0.15, -0.1) is 0 Å². The van der Waals surface area contributed by atoms with Crippen molar-refractivity contribution < 1.29 is 14.4 Å². The highest BCUT2D eigenvalue weighted by Crippen LogP contribution is 2.19. The number of anilines is 1. The fraction of sp³-hybridized carbons (Fsp3) is 0.235. The zero-order valence-electron chi connectivity index (χ0n) is 13.4. The van der Waals surface area contributed by atoms with Gasteiger partial charge in [-0.05, 0) is 19.4 Å². The molecule has 7 nitrogen and oxygen atoms in total. The minimum Gasteiger partial charge on any atom is -0.384 e. The second kappa shape index (κ2) is 6.29. The Morgan fingerprint density at radius 1 is 1.33 bits per heavy atom. The maximum absolute atomic E-state index is 12.2. The van der Waals surface area contributed by atoms with Gasteiger partial charge in [0, 0.05) is 12.3 Å². The van der Waals surface area contributed by atoms with E-state index < -0.39 is 11.5 Å². The molecule has 0 saturated heterocycles. The molecule has 124 valence electrons. The topological polar surface area (TPSA) is 93.2 Å². The highest BCUT2D eigenvalue weighted by atomic mass is 16.5. The van der Waals surface area contributed by atoms with Gasteiger partial charge in [-0.1, -0.05) is 35.5 Å². The molecule has 0 saturated carbocycles. The minimum absolute atomic E-state index is 0.0305. The van der Waals surface area contributed by atoms with E-state index in [1.54, 1.807) is 30.9 Å². The number of amides is 1. The number of aliphatic hydroxyl groups is 1. The van der Waals surface area contributed by atoms with E-state index in [0.29, 0.717) is 17.9 Å². The lowest BCUT2D eigenvalue weighted by Crippen LogP contribution is -2.16. The quantitative estimate of drug-likeness (QED) is 0.751. The summed E-state index contributed by atoms with van der Waals surface area (Å²) in [5, 5.41) is 20.5. The number of benzene rings is 1. The molecule has 2 heterocycles. The van der Waals surface area contributed by atoms with Crippen molar-refractivity contribution in [3.05, 3.63) is 65.8 Å². The second-order valence-electron chi connectivity index (χ2n) is 6.00. The Morgan fingerprint density at radius 2 is 2.08 bits per heavy atom. The number of aromatic nitrogens is 3. The summed E-state index contributed by atoms with van der Waals surface area (Å²) in [4.78, 5) is 12.2. The summed E-state index contributed by atoms with van der Waals surface area (Å²) in [7, 11) is 0. The third kappa shape index (κ3) is 3.69. The van der Waals surface area contributed by atoms with E-state index in [-0.39, 0.29) is 5.76 Å². The first kappa shape index (κ1) is 15.9. The summed E-state index contributed by atoms with van der Waals surface area (Å²) in [5.74, 6) is -0.416. The van der Waals surface area contributed by atoms with Crippen LogP contribution >= 0.6 is 0 Å². The van der Waals surface area contributed by atoms with Gasteiger partial charge in [0.15, 0.2) is 0 Å². The lowest BCUT2D eigenvalue weighted by Gasteiger charge is -2.11. The van der Waals surface area contributed by atoms with Gasteiger partial charge in [-0.25, -0.2) is 0 Å². The monoisotopic (exact) mass is 326 g/mol. The van der Waals surface area contributed by atoms with Gasteiger partial charge >= 0.3 is 0 Å². The third-order valence-corrected chi connectivity index (χ3v) is 3.44. The van der Waals surface area contributed by atoms with Crippen LogP contribution < -0.4 is 5.32 Å². The first-order valence-electron chi connectivity index (χ1n) is 7.49. The van der Waals surface area contributed by atoms with E-state index in [1.807, 2.05) is 30.3 Å². The fourth-order valence-corrected chi connectivity index (χ4v) is 2.15. The molecular weight excluding hydrogens is 308 g/mol. The zero-order chi connectivity index (χ0) is 17.2. The van der Waals surface area contributed by atoms with Gasteiger partial charge in [0.25, 0.3) is 5.91 Å². The van der Waals surface area contributed by atoms with Gasteiger partial charge < -0.3 is 14.9 Å². The number of nitrogens with one attached hydrogen (secondary N) is 1. The zero-order valence-corrected chi connectivity index (χ0v) is 13.4. The van der Waals surface area contributed by atoms with Crippen molar-refractivity contribution in [3.63, 3.8) is 0 Å². The maximum atomic E-state index is 12.2. The number of carbonyl (C=O) groups excluding carboxylic acids is 1. The molecule has 0 bridgehead atoms. The molecule has 1 aromatic carbocycles. The van der Waals surface area contributed by atoms with Crippen molar-refractivity contribution >= 4 is 11.6 Å². The number of carbonyl (C=O) groups is 1. The van der Waals surface area contributed by atoms with Gasteiger partial charge in [0.1, 0.15) is 11.3 Å². The van der Waals surface area contributed by atoms with E-state index >= 15 is 0 Å². The van der Waals surface area contributed by atoms with Crippen LogP contribution in [0.1, 0.15) is 35.7 Å². The Bertz CT molecular complexity index is 831. The van der Waals surface area contributed by atoms with E-state index in [4.69, 9.17) is 4.52 Å². The summed E-state index contributed by atoms with van der Waals surface area (Å²) >= 11 is 0. The van der Waals surface area contributed by atoms with Crippen LogP contribution in [0.15, 0.2) is 53.3 Å². The van der Waals surface area contributed by atoms with Crippen molar-refractivity contribution in [3.8, 4) is 0 Å². The molecule has 24 heavy (non-hydrogen) atoms. The molecule has 0 aliphatic carbocycles. The average Bonchev–Trinajstić information content (AvgIpc) is 3.17. The highest BCUT2D eigenvalue weighted by molar-refractivity contribution is 6.02. The standard InChI is InChI=1S/C17H18N4O3/c1-17(2,23)15-8-14(24-20-15)16(22)19-13-9-18-21(11-13)10-12-6-4-3-5-7-12/h3-9,11,23H,10H2,1-2H3,(H,19,22). The summed E-state index contributed by atoms with van der Waals surface area (Å²) in [6.45, 7) is 3.75. The molecule has 2 N–H and O–H groups in total. The first-order chi connectivity index (χ1) is 11.4. The molecule has 0 radical (unpaired) electrons. The number of rotatable bonds is 5. The summed E-state index contributed by atoms with van der Waals surface area (Å²) in [6, 6.07) is 11.3. The van der Waals surface area contributed by atoms with Crippen LogP contribution in [-0.4, -0.2) is 26.0 Å². The Morgan fingerprint density at radius 3 is 2.75 bits per heavy atom. The molecule has 3 aromatic rings. The molecule has 0 atom stereocenters. The van der Waals surface area contributed by atoms with Crippen molar-refractivity contribution in [1.29, 1.82) is 0 Å².